The Bertz CT molecular complexity index is 224. The Morgan fingerprint density at radius 1 is 1.40 bits per heavy atom. The number of piperazine rings is 1. The first-order valence-electron chi connectivity index (χ1n) is 6.27. The van der Waals surface area contributed by atoms with Gasteiger partial charge in [-0.1, -0.05) is 12.8 Å². The molecule has 1 N–H and O–H groups in total. The quantitative estimate of drug-likeness (QED) is 0.747. The lowest BCUT2D eigenvalue weighted by Gasteiger charge is -2.34. The van der Waals surface area contributed by atoms with Gasteiger partial charge in [0.15, 0.2) is 0 Å². The third-order valence-electron chi connectivity index (χ3n) is 3.76. The van der Waals surface area contributed by atoms with Crippen LogP contribution in [0.5, 0.6) is 0 Å². The van der Waals surface area contributed by atoms with E-state index in [1.54, 1.807) is 0 Å². The SMILES string of the molecule is C[C@@H]1CNCCN1C(=O)CC1CCCC1. The first-order valence-corrected chi connectivity index (χ1v) is 6.27. The molecule has 1 saturated carbocycles. The second-order valence-corrected chi connectivity index (χ2v) is 4.99. The highest BCUT2D eigenvalue weighted by Crippen LogP contribution is 2.28. The molecule has 1 heterocycles. The molecule has 0 aromatic carbocycles. The number of rotatable bonds is 2. The fourth-order valence-electron chi connectivity index (χ4n) is 2.79. The second kappa shape index (κ2) is 4.97. The summed E-state index contributed by atoms with van der Waals surface area (Å²) >= 11 is 0. The maximum atomic E-state index is 12.1. The van der Waals surface area contributed by atoms with E-state index in [1.807, 2.05) is 0 Å². The largest absolute Gasteiger partial charge is 0.337 e. The van der Waals surface area contributed by atoms with Gasteiger partial charge in [-0.15, -0.1) is 0 Å². The molecule has 0 spiro atoms. The molecule has 1 saturated heterocycles. The number of nitrogens with one attached hydrogen (secondary N) is 1. The van der Waals surface area contributed by atoms with Crippen molar-refractivity contribution in [1.82, 2.24) is 10.2 Å². The number of carbonyl (C=O) groups is 1. The maximum Gasteiger partial charge on any atom is 0.223 e. The van der Waals surface area contributed by atoms with Crippen molar-refractivity contribution in [3.8, 4) is 0 Å². The van der Waals surface area contributed by atoms with E-state index in [0.29, 0.717) is 17.9 Å². The van der Waals surface area contributed by atoms with Crippen LogP contribution in [0, 0.1) is 5.92 Å². The van der Waals surface area contributed by atoms with Crippen molar-refractivity contribution in [3.05, 3.63) is 0 Å². The molecule has 1 aliphatic heterocycles. The van der Waals surface area contributed by atoms with Gasteiger partial charge in [0.2, 0.25) is 5.91 Å². The van der Waals surface area contributed by atoms with Crippen molar-refractivity contribution in [2.75, 3.05) is 19.6 Å². The predicted octanol–water partition coefficient (Wildman–Crippen LogP) is 1.39. The van der Waals surface area contributed by atoms with Crippen LogP contribution in [-0.2, 0) is 4.79 Å². The van der Waals surface area contributed by atoms with E-state index >= 15 is 0 Å². The molecule has 3 heteroatoms. The summed E-state index contributed by atoms with van der Waals surface area (Å²) in [4.78, 5) is 14.1. The van der Waals surface area contributed by atoms with E-state index in [1.165, 1.54) is 25.7 Å². The van der Waals surface area contributed by atoms with Crippen molar-refractivity contribution in [1.29, 1.82) is 0 Å². The highest BCUT2D eigenvalue weighted by Gasteiger charge is 2.26. The van der Waals surface area contributed by atoms with E-state index < -0.39 is 0 Å². The summed E-state index contributed by atoms with van der Waals surface area (Å²) in [6, 6.07) is 0.382. The van der Waals surface area contributed by atoms with Gasteiger partial charge in [0.05, 0.1) is 0 Å². The zero-order chi connectivity index (χ0) is 10.7. The molecule has 2 aliphatic rings. The minimum Gasteiger partial charge on any atom is -0.337 e. The summed E-state index contributed by atoms with van der Waals surface area (Å²) in [7, 11) is 0. The summed E-state index contributed by atoms with van der Waals surface area (Å²) in [5.74, 6) is 1.07. The normalized spacial score (nSPS) is 28.3. The van der Waals surface area contributed by atoms with E-state index in [4.69, 9.17) is 0 Å². The Kier molecular flexibility index (Phi) is 3.62. The Hall–Kier alpha value is -0.570. The number of hydrogen-bond donors (Lipinski definition) is 1. The zero-order valence-electron chi connectivity index (χ0n) is 9.67. The van der Waals surface area contributed by atoms with Crippen LogP contribution in [0.1, 0.15) is 39.0 Å². The maximum absolute atomic E-state index is 12.1. The van der Waals surface area contributed by atoms with Crippen LogP contribution < -0.4 is 5.32 Å². The molecule has 1 atom stereocenters. The van der Waals surface area contributed by atoms with Gasteiger partial charge < -0.3 is 10.2 Å². The zero-order valence-corrected chi connectivity index (χ0v) is 9.67. The Morgan fingerprint density at radius 3 is 2.80 bits per heavy atom. The second-order valence-electron chi connectivity index (χ2n) is 4.99. The minimum absolute atomic E-state index is 0.382. The molecule has 3 nitrogen and oxygen atoms in total. The summed E-state index contributed by atoms with van der Waals surface area (Å²) in [6.07, 6.45) is 5.99. The lowest BCUT2D eigenvalue weighted by Crippen LogP contribution is -2.52. The first-order chi connectivity index (χ1) is 7.27. The average molecular weight is 210 g/mol. The molecule has 0 aromatic rings. The molecule has 0 radical (unpaired) electrons. The molecule has 86 valence electrons. The average Bonchev–Trinajstić information content (AvgIpc) is 2.71. The first kappa shape index (κ1) is 10.9. The van der Waals surface area contributed by atoms with Gasteiger partial charge in [-0.3, -0.25) is 4.79 Å². The van der Waals surface area contributed by atoms with Gasteiger partial charge in [0.25, 0.3) is 0 Å². The molecule has 0 unspecified atom stereocenters. The van der Waals surface area contributed by atoms with Crippen LogP contribution in [0.2, 0.25) is 0 Å². The van der Waals surface area contributed by atoms with Gasteiger partial charge >= 0.3 is 0 Å². The predicted molar refractivity (Wildman–Crippen MR) is 60.6 cm³/mol. The Balaban J connectivity index is 1.83. The standard InChI is InChI=1S/C12H22N2O/c1-10-9-13-6-7-14(10)12(15)8-11-4-2-3-5-11/h10-11,13H,2-9H2,1H3/t10-/m1/s1. The number of amides is 1. The summed E-state index contributed by atoms with van der Waals surface area (Å²) in [6.45, 7) is 4.95. The lowest BCUT2D eigenvalue weighted by atomic mass is 10.0. The van der Waals surface area contributed by atoms with E-state index in [9.17, 15) is 4.79 Å². The minimum atomic E-state index is 0.382. The lowest BCUT2D eigenvalue weighted by molar-refractivity contribution is -0.134. The molecule has 2 rings (SSSR count). The fourth-order valence-corrected chi connectivity index (χ4v) is 2.79. The fraction of sp³-hybridized carbons (Fsp3) is 0.917. The van der Waals surface area contributed by atoms with Gasteiger partial charge in [-0.25, -0.2) is 0 Å². The van der Waals surface area contributed by atoms with Crippen LogP contribution in [0.25, 0.3) is 0 Å². The topological polar surface area (TPSA) is 32.3 Å². The number of carbonyl (C=O) groups excluding carboxylic acids is 1. The molecular formula is C12H22N2O. The summed E-state index contributed by atoms with van der Waals surface area (Å²) in [5.41, 5.74) is 0. The molecule has 0 aromatic heterocycles. The monoisotopic (exact) mass is 210 g/mol. The molecule has 1 aliphatic carbocycles. The van der Waals surface area contributed by atoms with E-state index in [2.05, 4.69) is 17.1 Å². The van der Waals surface area contributed by atoms with E-state index in [0.717, 1.165) is 26.1 Å². The van der Waals surface area contributed by atoms with Crippen molar-refractivity contribution in [2.45, 2.75) is 45.1 Å². The molecule has 2 fully saturated rings. The highest BCUT2D eigenvalue weighted by molar-refractivity contribution is 5.77. The van der Waals surface area contributed by atoms with Crippen molar-refractivity contribution in [2.24, 2.45) is 5.92 Å². The van der Waals surface area contributed by atoms with Crippen LogP contribution >= 0.6 is 0 Å². The number of nitrogens with zero attached hydrogens (tertiary/aromatic N) is 1. The van der Waals surface area contributed by atoms with Crippen LogP contribution in [-0.4, -0.2) is 36.5 Å². The van der Waals surface area contributed by atoms with Gasteiger partial charge in [0, 0.05) is 32.1 Å². The summed E-state index contributed by atoms with van der Waals surface area (Å²) in [5, 5.41) is 3.32. The molecule has 0 bridgehead atoms. The third kappa shape index (κ3) is 2.71. The van der Waals surface area contributed by atoms with Gasteiger partial charge in [-0.05, 0) is 25.7 Å². The Labute approximate surface area is 92.2 Å². The Morgan fingerprint density at radius 2 is 2.13 bits per heavy atom. The van der Waals surface area contributed by atoms with Gasteiger partial charge in [-0.2, -0.15) is 0 Å². The van der Waals surface area contributed by atoms with Gasteiger partial charge in [0.1, 0.15) is 0 Å². The van der Waals surface area contributed by atoms with Crippen LogP contribution in [0.15, 0.2) is 0 Å². The third-order valence-corrected chi connectivity index (χ3v) is 3.76. The van der Waals surface area contributed by atoms with Crippen LogP contribution in [0.4, 0.5) is 0 Å². The molecule has 15 heavy (non-hydrogen) atoms. The van der Waals surface area contributed by atoms with Crippen molar-refractivity contribution in [3.63, 3.8) is 0 Å². The highest BCUT2D eigenvalue weighted by atomic mass is 16.2. The smallest absolute Gasteiger partial charge is 0.223 e. The van der Waals surface area contributed by atoms with Crippen molar-refractivity contribution < 1.29 is 4.79 Å². The van der Waals surface area contributed by atoms with Crippen LogP contribution in [0.3, 0.4) is 0 Å². The molecule has 1 amide bonds. The van der Waals surface area contributed by atoms with E-state index in [-0.39, 0.29) is 0 Å². The summed E-state index contributed by atoms with van der Waals surface area (Å²) < 4.78 is 0. The number of hydrogen-bond acceptors (Lipinski definition) is 2. The van der Waals surface area contributed by atoms with Crippen molar-refractivity contribution >= 4 is 5.91 Å². The molecular weight excluding hydrogens is 188 g/mol.